The summed E-state index contributed by atoms with van der Waals surface area (Å²) >= 11 is 0. The summed E-state index contributed by atoms with van der Waals surface area (Å²) in [5.41, 5.74) is 0.539. The molecule has 1 aromatic carbocycles. The van der Waals surface area contributed by atoms with Crippen molar-refractivity contribution in [3.05, 3.63) is 29.3 Å². The number of hydrogen-bond donors (Lipinski definition) is 3. The molecule has 0 fully saturated rings. The van der Waals surface area contributed by atoms with Crippen LogP contribution < -0.4 is 5.32 Å². The summed E-state index contributed by atoms with van der Waals surface area (Å²) in [6.07, 6.45) is 16.9. The van der Waals surface area contributed by atoms with E-state index in [4.69, 9.17) is 10.2 Å². The maximum atomic E-state index is 11.1. The number of nitrogens with one attached hydrogen (secondary N) is 1. The van der Waals surface area contributed by atoms with E-state index in [2.05, 4.69) is 12.2 Å². The second kappa shape index (κ2) is 14.9. The molecule has 0 radical (unpaired) electrons. The largest absolute Gasteiger partial charge is 0.478 e. The van der Waals surface area contributed by atoms with Crippen molar-refractivity contribution in [3.8, 4) is 0 Å². The fourth-order valence-corrected chi connectivity index (χ4v) is 3.35. The highest BCUT2D eigenvalue weighted by atomic mass is 16.4. The summed E-state index contributed by atoms with van der Waals surface area (Å²) in [5.74, 6) is -2.24. The van der Waals surface area contributed by atoms with Crippen molar-refractivity contribution in [1.82, 2.24) is 0 Å². The summed E-state index contributed by atoms with van der Waals surface area (Å²) in [7, 11) is 0. The zero-order chi connectivity index (χ0) is 20.6. The number of carboxylic acids is 2. The van der Waals surface area contributed by atoms with Crippen LogP contribution in [0.25, 0.3) is 0 Å². The first-order valence-corrected chi connectivity index (χ1v) is 10.9. The van der Waals surface area contributed by atoms with Gasteiger partial charge in [0, 0.05) is 12.2 Å². The Kier molecular flexibility index (Phi) is 12.8. The van der Waals surface area contributed by atoms with Crippen molar-refractivity contribution in [2.45, 2.75) is 90.4 Å². The summed E-state index contributed by atoms with van der Waals surface area (Å²) in [5, 5.41) is 21.3. The average Bonchev–Trinajstić information content (AvgIpc) is 2.68. The number of unbranched alkanes of at least 4 members (excludes halogenated alkanes) is 12. The lowest BCUT2D eigenvalue weighted by atomic mass is 10.0. The number of rotatable bonds is 17. The quantitative estimate of drug-likeness (QED) is 0.261. The summed E-state index contributed by atoms with van der Waals surface area (Å²) in [6, 6.07) is 4.15. The van der Waals surface area contributed by atoms with Gasteiger partial charge in [0.25, 0.3) is 0 Å². The lowest BCUT2D eigenvalue weighted by Crippen LogP contribution is -2.07. The van der Waals surface area contributed by atoms with Crippen LogP contribution in [0.15, 0.2) is 18.2 Å². The van der Waals surface area contributed by atoms with Gasteiger partial charge in [-0.15, -0.1) is 0 Å². The molecule has 1 rings (SSSR count). The third-order valence-corrected chi connectivity index (χ3v) is 5.04. The molecule has 158 valence electrons. The molecule has 0 heterocycles. The Bertz CT molecular complexity index is 554. The maximum Gasteiger partial charge on any atom is 0.335 e. The van der Waals surface area contributed by atoms with Gasteiger partial charge in [0.05, 0.1) is 11.1 Å². The lowest BCUT2D eigenvalue weighted by Gasteiger charge is -2.09. The Labute approximate surface area is 169 Å². The molecule has 0 saturated heterocycles. The predicted molar refractivity (Wildman–Crippen MR) is 115 cm³/mol. The number of anilines is 1. The molecule has 0 aliphatic carbocycles. The van der Waals surface area contributed by atoms with Gasteiger partial charge < -0.3 is 15.5 Å². The third kappa shape index (κ3) is 11.0. The van der Waals surface area contributed by atoms with Gasteiger partial charge in [0.2, 0.25) is 0 Å². The Morgan fingerprint density at radius 1 is 0.679 bits per heavy atom. The Balaban J connectivity index is 2.07. The molecule has 0 spiro atoms. The summed E-state index contributed by atoms with van der Waals surface area (Å²) in [6.45, 7) is 2.97. The molecular formula is C23H37NO4. The average molecular weight is 392 g/mol. The number of carboxylic acid groups (broad SMARTS) is 2. The minimum atomic E-state index is -1.12. The van der Waals surface area contributed by atoms with Gasteiger partial charge in [-0.1, -0.05) is 84.0 Å². The lowest BCUT2D eigenvalue weighted by molar-refractivity contribution is 0.0696. The van der Waals surface area contributed by atoms with Crippen LogP contribution in [0.1, 0.15) is 111 Å². The van der Waals surface area contributed by atoms with Crippen molar-refractivity contribution in [2.75, 3.05) is 11.9 Å². The monoisotopic (exact) mass is 391 g/mol. The first kappa shape index (κ1) is 24.0. The predicted octanol–water partition coefficient (Wildman–Crippen LogP) is 6.59. The van der Waals surface area contributed by atoms with Gasteiger partial charge >= 0.3 is 11.9 Å². The second-order valence-corrected chi connectivity index (χ2v) is 7.58. The molecule has 5 nitrogen and oxygen atoms in total. The van der Waals surface area contributed by atoms with Gasteiger partial charge in [-0.3, -0.25) is 0 Å². The van der Waals surface area contributed by atoms with Gasteiger partial charge in [-0.25, -0.2) is 9.59 Å². The zero-order valence-electron chi connectivity index (χ0n) is 17.3. The molecule has 0 aromatic heterocycles. The van der Waals surface area contributed by atoms with E-state index in [1.807, 2.05) is 0 Å². The van der Waals surface area contributed by atoms with Crippen molar-refractivity contribution in [2.24, 2.45) is 0 Å². The number of aromatic carboxylic acids is 2. The highest BCUT2D eigenvalue weighted by Gasteiger charge is 2.11. The van der Waals surface area contributed by atoms with Crippen LogP contribution in [0.3, 0.4) is 0 Å². The van der Waals surface area contributed by atoms with E-state index in [1.54, 1.807) is 0 Å². The first-order valence-electron chi connectivity index (χ1n) is 10.9. The molecule has 0 amide bonds. The fraction of sp³-hybridized carbons (Fsp3) is 0.652. The normalized spacial score (nSPS) is 10.8. The van der Waals surface area contributed by atoms with E-state index in [-0.39, 0.29) is 11.1 Å². The van der Waals surface area contributed by atoms with E-state index < -0.39 is 11.9 Å². The molecule has 3 N–H and O–H groups in total. The summed E-state index contributed by atoms with van der Waals surface area (Å²) < 4.78 is 0. The molecule has 0 bridgehead atoms. The maximum absolute atomic E-state index is 11.1. The topological polar surface area (TPSA) is 86.6 Å². The Hall–Kier alpha value is -2.04. The molecule has 0 saturated carbocycles. The molecule has 5 heteroatoms. The molecule has 0 unspecified atom stereocenters. The molecule has 1 aromatic rings. The highest BCUT2D eigenvalue weighted by molar-refractivity contribution is 5.95. The third-order valence-electron chi connectivity index (χ3n) is 5.04. The van der Waals surface area contributed by atoms with Gasteiger partial charge in [0.1, 0.15) is 0 Å². The second-order valence-electron chi connectivity index (χ2n) is 7.58. The zero-order valence-corrected chi connectivity index (χ0v) is 17.3. The molecule has 0 aliphatic heterocycles. The Morgan fingerprint density at radius 3 is 1.46 bits per heavy atom. The molecule has 0 aliphatic rings. The number of carbonyl (C=O) groups is 2. The molecule has 0 atom stereocenters. The van der Waals surface area contributed by atoms with Crippen molar-refractivity contribution in [3.63, 3.8) is 0 Å². The number of hydrogen-bond acceptors (Lipinski definition) is 3. The van der Waals surface area contributed by atoms with E-state index in [1.165, 1.54) is 88.8 Å². The van der Waals surface area contributed by atoms with Crippen LogP contribution in [0, 0.1) is 0 Å². The minimum Gasteiger partial charge on any atom is -0.478 e. The van der Waals surface area contributed by atoms with E-state index in [0.717, 1.165) is 19.4 Å². The smallest absolute Gasteiger partial charge is 0.335 e. The van der Waals surface area contributed by atoms with Crippen LogP contribution in [-0.4, -0.2) is 28.7 Å². The van der Waals surface area contributed by atoms with Crippen LogP contribution in [0.5, 0.6) is 0 Å². The molecular weight excluding hydrogens is 354 g/mol. The van der Waals surface area contributed by atoms with Crippen LogP contribution in [0.2, 0.25) is 0 Å². The van der Waals surface area contributed by atoms with Crippen LogP contribution in [-0.2, 0) is 0 Å². The summed E-state index contributed by atoms with van der Waals surface area (Å²) in [4.78, 5) is 22.2. The van der Waals surface area contributed by atoms with Gasteiger partial charge in [-0.2, -0.15) is 0 Å². The van der Waals surface area contributed by atoms with Crippen LogP contribution in [0.4, 0.5) is 5.69 Å². The first-order chi connectivity index (χ1) is 13.5. The Morgan fingerprint density at radius 2 is 1.07 bits per heavy atom. The standard InChI is InChI=1S/C23H37NO4/c1-2-3-4-5-6-7-8-9-10-11-12-13-14-15-24-21-17-19(22(25)26)16-20(18-21)23(27)28/h16-18,24H,2-15H2,1H3,(H,25,26)(H,27,28). The minimum absolute atomic E-state index is 0.00670. The fourth-order valence-electron chi connectivity index (χ4n) is 3.35. The van der Waals surface area contributed by atoms with E-state index >= 15 is 0 Å². The van der Waals surface area contributed by atoms with Gasteiger partial charge in [0.15, 0.2) is 0 Å². The van der Waals surface area contributed by atoms with Crippen molar-refractivity contribution >= 4 is 17.6 Å². The van der Waals surface area contributed by atoms with Gasteiger partial charge in [-0.05, 0) is 24.6 Å². The van der Waals surface area contributed by atoms with Crippen molar-refractivity contribution < 1.29 is 19.8 Å². The highest BCUT2D eigenvalue weighted by Crippen LogP contribution is 2.16. The van der Waals surface area contributed by atoms with E-state index in [9.17, 15) is 9.59 Å². The van der Waals surface area contributed by atoms with Crippen LogP contribution >= 0.6 is 0 Å². The molecule has 28 heavy (non-hydrogen) atoms. The SMILES string of the molecule is CCCCCCCCCCCCCCCNc1cc(C(=O)O)cc(C(=O)O)c1. The van der Waals surface area contributed by atoms with Crippen molar-refractivity contribution in [1.29, 1.82) is 0 Å². The van der Waals surface area contributed by atoms with E-state index in [0.29, 0.717) is 5.69 Å². The number of benzene rings is 1.